The molecule has 1 N–H and O–H groups in total. The van der Waals surface area contributed by atoms with Gasteiger partial charge in [-0.25, -0.2) is 9.78 Å². The third-order valence-electron chi connectivity index (χ3n) is 4.57. The minimum Gasteiger partial charge on any atom is -0.477 e. The molecule has 1 fully saturated rings. The zero-order valence-corrected chi connectivity index (χ0v) is 14.6. The molecule has 6 nitrogen and oxygen atoms in total. The lowest BCUT2D eigenvalue weighted by Crippen LogP contribution is -2.51. The van der Waals surface area contributed by atoms with Crippen molar-refractivity contribution in [3.63, 3.8) is 0 Å². The molecule has 2 aromatic rings. The molecule has 1 saturated heterocycles. The zero-order valence-electron chi connectivity index (χ0n) is 13.0. The van der Waals surface area contributed by atoms with Gasteiger partial charge in [-0.2, -0.15) is 0 Å². The maximum atomic E-state index is 12.3. The maximum Gasteiger partial charge on any atom is 0.353 e. The van der Waals surface area contributed by atoms with Crippen LogP contribution in [0.2, 0.25) is 0 Å². The summed E-state index contributed by atoms with van der Waals surface area (Å²) in [6.07, 6.45) is 2.99. The van der Waals surface area contributed by atoms with Crippen molar-refractivity contribution in [1.82, 2.24) is 14.5 Å². The Hall–Kier alpha value is -2.19. The molecular weight excluding hydrogens is 358 g/mol. The number of fused-ring (bicyclic) bond motifs is 4. The number of rotatable bonds is 2. The number of aliphatic carboxylic acids is 1. The van der Waals surface area contributed by atoms with Crippen LogP contribution in [0.3, 0.4) is 0 Å². The van der Waals surface area contributed by atoms with Gasteiger partial charge in [-0.15, -0.1) is 11.8 Å². The van der Waals surface area contributed by atoms with Crippen molar-refractivity contribution >= 4 is 52.5 Å². The van der Waals surface area contributed by atoms with Gasteiger partial charge in [0.15, 0.2) is 5.16 Å². The Labute approximate surface area is 151 Å². The first-order valence-corrected chi connectivity index (χ1v) is 9.83. The van der Waals surface area contributed by atoms with Crippen molar-refractivity contribution in [2.45, 2.75) is 23.5 Å². The summed E-state index contributed by atoms with van der Waals surface area (Å²) in [6, 6.07) is 6.00. The van der Waals surface area contributed by atoms with E-state index in [4.69, 9.17) is 5.11 Å². The maximum absolute atomic E-state index is 12.3. The summed E-state index contributed by atoms with van der Waals surface area (Å²) in [5.41, 5.74) is 3.71. The highest BCUT2D eigenvalue weighted by Gasteiger charge is 2.49. The number of hydrogen-bond donors (Lipinski definition) is 1. The van der Waals surface area contributed by atoms with Gasteiger partial charge in [0.05, 0.1) is 16.6 Å². The Bertz CT molecular complexity index is 1010. The van der Waals surface area contributed by atoms with Gasteiger partial charge in [0.1, 0.15) is 11.1 Å². The minimum atomic E-state index is -1.06. The number of carbonyl (C=O) groups is 2. The molecule has 0 radical (unpaired) electrons. The minimum absolute atomic E-state index is 0.0643. The van der Waals surface area contributed by atoms with Gasteiger partial charge in [0, 0.05) is 17.7 Å². The highest BCUT2D eigenvalue weighted by molar-refractivity contribution is 8.03. The summed E-state index contributed by atoms with van der Waals surface area (Å²) in [5.74, 6) is -0.190. The lowest BCUT2D eigenvalue weighted by Gasteiger charge is -2.37. The second-order valence-corrected chi connectivity index (χ2v) is 8.08. The summed E-state index contributed by atoms with van der Waals surface area (Å²) in [6.45, 7) is 0.968. The van der Waals surface area contributed by atoms with Gasteiger partial charge < -0.3 is 9.67 Å². The quantitative estimate of drug-likeness (QED) is 0.646. The number of imidazole rings is 1. The van der Waals surface area contributed by atoms with Crippen LogP contribution in [0, 0.1) is 0 Å². The first kappa shape index (κ1) is 15.1. The van der Waals surface area contributed by atoms with Crippen molar-refractivity contribution in [3.8, 4) is 0 Å². The summed E-state index contributed by atoms with van der Waals surface area (Å²) in [4.78, 5) is 29.5. The molecule has 0 saturated carbocycles. The third kappa shape index (κ3) is 2.17. The lowest BCUT2D eigenvalue weighted by molar-refractivity contribution is -0.141. The van der Waals surface area contributed by atoms with Crippen LogP contribution in [0.4, 0.5) is 0 Å². The van der Waals surface area contributed by atoms with E-state index < -0.39 is 5.97 Å². The Kier molecular flexibility index (Phi) is 3.26. The number of amides is 1. The van der Waals surface area contributed by atoms with Crippen LogP contribution in [0.15, 0.2) is 40.0 Å². The average Bonchev–Trinajstić information content (AvgIpc) is 3.18. The summed E-state index contributed by atoms with van der Waals surface area (Å²) >= 11 is 3.14. The van der Waals surface area contributed by atoms with E-state index in [2.05, 4.69) is 15.6 Å². The second kappa shape index (κ2) is 5.40. The van der Waals surface area contributed by atoms with E-state index in [0.29, 0.717) is 5.57 Å². The molecular formula is C17H13N3O3S2. The lowest BCUT2D eigenvalue weighted by atomic mass is 10.0. The number of thioether (sulfide) groups is 2. The largest absolute Gasteiger partial charge is 0.477 e. The molecule has 0 aliphatic carbocycles. The highest BCUT2D eigenvalue weighted by Crippen LogP contribution is 2.45. The Morgan fingerprint density at radius 2 is 2.28 bits per heavy atom. The number of carboxylic acids is 1. The molecule has 1 aromatic heterocycles. The van der Waals surface area contributed by atoms with Gasteiger partial charge in [0.25, 0.3) is 5.91 Å². The van der Waals surface area contributed by atoms with E-state index in [-0.39, 0.29) is 17.0 Å². The number of carboxylic acid groups (broad SMARTS) is 1. The molecule has 0 spiro atoms. The average molecular weight is 371 g/mol. The summed E-state index contributed by atoms with van der Waals surface area (Å²) < 4.78 is 2.23. The fourth-order valence-electron chi connectivity index (χ4n) is 3.37. The van der Waals surface area contributed by atoms with Crippen LogP contribution in [-0.4, -0.2) is 42.6 Å². The molecule has 0 bridgehead atoms. The summed E-state index contributed by atoms with van der Waals surface area (Å²) in [5, 5.41) is 11.5. The predicted octanol–water partition coefficient (Wildman–Crippen LogP) is 2.76. The Morgan fingerprint density at radius 3 is 3.12 bits per heavy atom. The first-order chi connectivity index (χ1) is 12.1. The molecule has 3 aliphatic heterocycles. The van der Waals surface area contributed by atoms with E-state index in [1.165, 1.54) is 16.7 Å². The molecule has 5 rings (SSSR count). The molecule has 3 aliphatic rings. The van der Waals surface area contributed by atoms with Crippen LogP contribution in [0.25, 0.3) is 17.1 Å². The number of β-lactam (4-membered cyclic amide) rings is 1. The fourth-order valence-corrected chi connectivity index (χ4v) is 5.45. The molecule has 4 heterocycles. The monoisotopic (exact) mass is 371 g/mol. The van der Waals surface area contributed by atoms with Crippen molar-refractivity contribution < 1.29 is 14.7 Å². The highest BCUT2D eigenvalue weighted by atomic mass is 32.2. The first-order valence-electron chi connectivity index (χ1n) is 7.90. The van der Waals surface area contributed by atoms with Crippen molar-refractivity contribution in [3.05, 3.63) is 40.4 Å². The number of aromatic nitrogens is 2. The zero-order chi connectivity index (χ0) is 17.1. The Balaban J connectivity index is 1.50. The van der Waals surface area contributed by atoms with Crippen molar-refractivity contribution in [2.75, 3.05) is 5.75 Å². The van der Waals surface area contributed by atoms with Gasteiger partial charge in [-0.1, -0.05) is 17.8 Å². The summed E-state index contributed by atoms with van der Waals surface area (Å²) in [7, 11) is 0. The molecule has 8 heteroatoms. The van der Waals surface area contributed by atoms with Crippen LogP contribution in [0.5, 0.6) is 0 Å². The fraction of sp³-hybridized carbons (Fsp3) is 0.235. The van der Waals surface area contributed by atoms with Gasteiger partial charge in [0.2, 0.25) is 0 Å². The van der Waals surface area contributed by atoms with E-state index in [0.717, 1.165) is 40.5 Å². The van der Waals surface area contributed by atoms with E-state index in [1.54, 1.807) is 17.2 Å². The third-order valence-corrected chi connectivity index (χ3v) is 6.71. The molecule has 25 heavy (non-hydrogen) atoms. The van der Waals surface area contributed by atoms with Crippen molar-refractivity contribution in [1.29, 1.82) is 0 Å². The van der Waals surface area contributed by atoms with E-state index in [9.17, 15) is 9.59 Å². The van der Waals surface area contributed by atoms with E-state index >= 15 is 0 Å². The number of hydrogen-bond acceptors (Lipinski definition) is 5. The molecule has 1 amide bonds. The van der Waals surface area contributed by atoms with Crippen LogP contribution >= 0.6 is 23.5 Å². The van der Waals surface area contributed by atoms with Gasteiger partial charge in [-0.05, 0) is 30.2 Å². The number of aryl methyl sites for hydroxylation is 1. The molecule has 1 atom stereocenters. The van der Waals surface area contributed by atoms with Crippen LogP contribution < -0.4 is 0 Å². The number of carbonyl (C=O) groups excluding carboxylic acids is 1. The van der Waals surface area contributed by atoms with Crippen molar-refractivity contribution in [2.24, 2.45) is 0 Å². The SMILES string of the molecule is O=C(O)C1=CS[C@@H]2C(=Cc3ccc4nc5n(c4c3)CCCS5)C(=O)N12. The molecule has 126 valence electrons. The standard InChI is InChI=1S/C17H13N3O3S2/c21-14-10(15-20(14)13(8-25-15)16(22)23)6-9-2-3-11-12(7-9)19-4-1-5-24-17(19)18-11/h2-3,6-8,15H,1,4-5H2,(H,22,23)/t15-/m1/s1. The smallest absolute Gasteiger partial charge is 0.353 e. The molecule has 1 aromatic carbocycles. The Morgan fingerprint density at radius 1 is 1.40 bits per heavy atom. The molecule has 0 unspecified atom stereocenters. The normalized spacial score (nSPS) is 23.4. The van der Waals surface area contributed by atoms with E-state index in [1.807, 2.05) is 18.2 Å². The predicted molar refractivity (Wildman–Crippen MR) is 97.0 cm³/mol. The van der Waals surface area contributed by atoms with Crippen LogP contribution in [0.1, 0.15) is 12.0 Å². The number of nitrogens with zero attached hydrogens (tertiary/aromatic N) is 3. The number of benzene rings is 1. The van der Waals surface area contributed by atoms with Crippen LogP contribution in [-0.2, 0) is 16.1 Å². The van der Waals surface area contributed by atoms with Gasteiger partial charge in [-0.3, -0.25) is 9.69 Å². The topological polar surface area (TPSA) is 75.4 Å². The second-order valence-electron chi connectivity index (χ2n) is 6.07. The van der Waals surface area contributed by atoms with Gasteiger partial charge >= 0.3 is 5.97 Å².